The average molecular weight is 293 g/mol. The Balaban J connectivity index is 1.88. The van der Waals surface area contributed by atoms with E-state index in [1.54, 1.807) is 6.92 Å². The molecule has 0 aromatic heterocycles. The van der Waals surface area contributed by atoms with Crippen molar-refractivity contribution in [3.05, 3.63) is 48.0 Å². The number of carbonyl (C=O) groups excluding carboxylic acids is 1. The van der Waals surface area contributed by atoms with Crippen LogP contribution in [0.5, 0.6) is 0 Å². The summed E-state index contributed by atoms with van der Waals surface area (Å²) in [6.45, 7) is 4.46. The van der Waals surface area contributed by atoms with Crippen molar-refractivity contribution in [3.63, 3.8) is 0 Å². The van der Waals surface area contributed by atoms with Gasteiger partial charge in [-0.05, 0) is 16.3 Å². The first-order valence-corrected chi connectivity index (χ1v) is 7.57. The Bertz CT molecular complexity index is 721. The zero-order valence-electron chi connectivity index (χ0n) is 12.7. The van der Waals surface area contributed by atoms with Crippen LogP contribution in [0.3, 0.4) is 0 Å². The Hall–Kier alpha value is -2.38. The number of rotatable bonds is 2. The standard InChI is InChI=1S/C18H19N3O/c1-14(22)20-9-11-21(12-10-20)18(13-19)17-8-4-6-15-5-2-3-7-16(15)17/h2-8,18H,9-12H2,1H3. The number of amides is 1. The molecule has 1 aliphatic rings. The average Bonchev–Trinajstić information content (AvgIpc) is 2.56. The van der Waals surface area contributed by atoms with Crippen molar-refractivity contribution in [2.45, 2.75) is 13.0 Å². The monoisotopic (exact) mass is 293 g/mol. The van der Waals surface area contributed by atoms with E-state index >= 15 is 0 Å². The first-order valence-electron chi connectivity index (χ1n) is 7.57. The molecule has 0 aliphatic carbocycles. The molecule has 0 saturated carbocycles. The van der Waals surface area contributed by atoms with E-state index in [-0.39, 0.29) is 11.9 Å². The first kappa shape index (κ1) is 14.6. The van der Waals surface area contributed by atoms with Gasteiger partial charge >= 0.3 is 0 Å². The maximum atomic E-state index is 11.4. The predicted molar refractivity (Wildman–Crippen MR) is 86.1 cm³/mol. The molecule has 1 unspecified atom stereocenters. The molecule has 2 aromatic rings. The highest BCUT2D eigenvalue weighted by atomic mass is 16.2. The van der Waals surface area contributed by atoms with E-state index in [4.69, 9.17) is 0 Å². The summed E-state index contributed by atoms with van der Waals surface area (Å²) in [5.41, 5.74) is 1.05. The van der Waals surface area contributed by atoms with Gasteiger partial charge < -0.3 is 4.90 Å². The molecular formula is C18H19N3O. The minimum atomic E-state index is -0.264. The second kappa shape index (κ2) is 6.17. The molecule has 0 N–H and O–H groups in total. The molecule has 1 atom stereocenters. The van der Waals surface area contributed by atoms with Crippen LogP contribution in [0, 0.1) is 11.3 Å². The lowest BCUT2D eigenvalue weighted by atomic mass is 9.98. The van der Waals surface area contributed by atoms with Crippen LogP contribution < -0.4 is 0 Å². The summed E-state index contributed by atoms with van der Waals surface area (Å²) >= 11 is 0. The van der Waals surface area contributed by atoms with Crippen LogP contribution >= 0.6 is 0 Å². The van der Waals surface area contributed by atoms with Gasteiger partial charge in [0, 0.05) is 33.1 Å². The molecule has 1 amide bonds. The van der Waals surface area contributed by atoms with Crippen LogP contribution in [-0.4, -0.2) is 41.9 Å². The predicted octanol–water partition coefficient (Wildman–Crippen LogP) is 2.57. The molecule has 0 radical (unpaired) electrons. The number of hydrogen-bond donors (Lipinski definition) is 0. The van der Waals surface area contributed by atoms with Crippen molar-refractivity contribution in [2.75, 3.05) is 26.2 Å². The summed E-state index contributed by atoms with van der Waals surface area (Å²) < 4.78 is 0. The Morgan fingerprint density at radius 3 is 2.45 bits per heavy atom. The van der Waals surface area contributed by atoms with E-state index in [0.29, 0.717) is 13.1 Å². The third kappa shape index (κ3) is 2.68. The van der Waals surface area contributed by atoms with Gasteiger partial charge in [0.2, 0.25) is 5.91 Å². The molecule has 1 heterocycles. The van der Waals surface area contributed by atoms with Crippen LogP contribution in [0.15, 0.2) is 42.5 Å². The fourth-order valence-corrected chi connectivity index (χ4v) is 3.13. The van der Waals surface area contributed by atoms with E-state index < -0.39 is 0 Å². The van der Waals surface area contributed by atoms with E-state index in [9.17, 15) is 10.1 Å². The summed E-state index contributed by atoms with van der Waals surface area (Å²) in [4.78, 5) is 15.4. The Morgan fingerprint density at radius 2 is 1.77 bits per heavy atom. The summed E-state index contributed by atoms with van der Waals surface area (Å²) in [6, 6.07) is 16.5. The molecule has 1 fully saturated rings. The molecule has 0 bridgehead atoms. The van der Waals surface area contributed by atoms with Gasteiger partial charge in [-0.25, -0.2) is 0 Å². The molecule has 2 aromatic carbocycles. The maximum Gasteiger partial charge on any atom is 0.219 e. The van der Waals surface area contributed by atoms with Gasteiger partial charge in [-0.3, -0.25) is 9.69 Å². The molecule has 3 rings (SSSR count). The zero-order valence-corrected chi connectivity index (χ0v) is 12.7. The SMILES string of the molecule is CC(=O)N1CCN(C(C#N)c2cccc3ccccc23)CC1. The van der Waals surface area contributed by atoms with Gasteiger partial charge in [-0.15, -0.1) is 0 Å². The molecular weight excluding hydrogens is 274 g/mol. The fraction of sp³-hybridized carbons (Fsp3) is 0.333. The van der Waals surface area contributed by atoms with Gasteiger partial charge in [0.1, 0.15) is 6.04 Å². The molecule has 0 spiro atoms. The first-order chi connectivity index (χ1) is 10.7. The van der Waals surface area contributed by atoms with E-state index in [2.05, 4.69) is 29.2 Å². The van der Waals surface area contributed by atoms with Crippen molar-refractivity contribution in [3.8, 4) is 6.07 Å². The number of fused-ring (bicyclic) bond motifs is 1. The second-order valence-corrected chi connectivity index (χ2v) is 5.64. The lowest BCUT2D eigenvalue weighted by Crippen LogP contribution is -2.48. The molecule has 4 nitrogen and oxygen atoms in total. The van der Waals surface area contributed by atoms with Gasteiger partial charge in [0.25, 0.3) is 0 Å². The highest BCUT2D eigenvalue weighted by Crippen LogP contribution is 2.28. The lowest BCUT2D eigenvalue weighted by molar-refractivity contribution is -0.130. The minimum absolute atomic E-state index is 0.110. The van der Waals surface area contributed by atoms with Crippen LogP contribution in [0.4, 0.5) is 0 Å². The smallest absolute Gasteiger partial charge is 0.219 e. The Labute approximate surface area is 130 Å². The van der Waals surface area contributed by atoms with Crippen molar-refractivity contribution >= 4 is 16.7 Å². The number of nitrogens with zero attached hydrogens (tertiary/aromatic N) is 3. The largest absolute Gasteiger partial charge is 0.340 e. The van der Waals surface area contributed by atoms with Gasteiger partial charge in [0.05, 0.1) is 6.07 Å². The van der Waals surface area contributed by atoms with Crippen LogP contribution in [0.2, 0.25) is 0 Å². The van der Waals surface area contributed by atoms with Gasteiger partial charge in [0.15, 0.2) is 0 Å². The molecule has 4 heteroatoms. The van der Waals surface area contributed by atoms with Gasteiger partial charge in [-0.1, -0.05) is 42.5 Å². The molecule has 1 saturated heterocycles. The number of nitriles is 1. The van der Waals surface area contributed by atoms with Crippen LogP contribution in [0.25, 0.3) is 10.8 Å². The number of benzene rings is 2. The van der Waals surface area contributed by atoms with E-state index in [1.807, 2.05) is 29.2 Å². The minimum Gasteiger partial charge on any atom is -0.340 e. The fourth-order valence-electron chi connectivity index (χ4n) is 3.13. The summed E-state index contributed by atoms with van der Waals surface area (Å²) in [5.74, 6) is 0.110. The van der Waals surface area contributed by atoms with Crippen molar-refractivity contribution in [2.24, 2.45) is 0 Å². The number of hydrogen-bond acceptors (Lipinski definition) is 3. The van der Waals surface area contributed by atoms with Crippen LogP contribution in [0.1, 0.15) is 18.5 Å². The highest BCUT2D eigenvalue weighted by molar-refractivity contribution is 5.86. The van der Waals surface area contributed by atoms with Crippen molar-refractivity contribution in [1.29, 1.82) is 5.26 Å². The molecule has 22 heavy (non-hydrogen) atoms. The van der Waals surface area contributed by atoms with E-state index in [0.717, 1.165) is 29.4 Å². The third-order valence-electron chi connectivity index (χ3n) is 4.36. The van der Waals surface area contributed by atoms with Gasteiger partial charge in [-0.2, -0.15) is 5.26 Å². The van der Waals surface area contributed by atoms with E-state index in [1.165, 1.54) is 0 Å². The number of piperazine rings is 1. The third-order valence-corrected chi connectivity index (χ3v) is 4.36. The molecule has 112 valence electrons. The van der Waals surface area contributed by atoms with Crippen LogP contribution in [-0.2, 0) is 4.79 Å². The quantitative estimate of drug-likeness (QED) is 0.855. The maximum absolute atomic E-state index is 11.4. The summed E-state index contributed by atoms with van der Waals surface area (Å²) in [6.07, 6.45) is 0. The van der Waals surface area contributed by atoms with Crippen molar-refractivity contribution < 1.29 is 4.79 Å². The highest BCUT2D eigenvalue weighted by Gasteiger charge is 2.26. The van der Waals surface area contributed by atoms with Crippen molar-refractivity contribution in [1.82, 2.24) is 9.80 Å². The lowest BCUT2D eigenvalue weighted by Gasteiger charge is -2.36. The summed E-state index contributed by atoms with van der Waals surface area (Å²) in [5, 5.41) is 12.0. The zero-order chi connectivity index (χ0) is 15.5. The topological polar surface area (TPSA) is 47.3 Å². The Kier molecular flexibility index (Phi) is 4.08. The number of carbonyl (C=O) groups is 1. The molecule has 1 aliphatic heterocycles. The Morgan fingerprint density at radius 1 is 1.09 bits per heavy atom. The second-order valence-electron chi connectivity index (χ2n) is 5.64. The summed E-state index contributed by atoms with van der Waals surface area (Å²) in [7, 11) is 0. The normalized spacial score (nSPS) is 17.2.